The average Bonchev–Trinajstić information content (AvgIpc) is 2.42. The van der Waals surface area contributed by atoms with Crippen LogP contribution in [0.4, 0.5) is 10.1 Å². The van der Waals surface area contributed by atoms with Gasteiger partial charge in [-0.3, -0.25) is 4.79 Å². The molecule has 1 fully saturated rings. The van der Waals surface area contributed by atoms with Gasteiger partial charge in [0.2, 0.25) is 0 Å². The maximum atomic E-state index is 13.7. The van der Waals surface area contributed by atoms with Crippen LogP contribution in [0.25, 0.3) is 0 Å². The van der Waals surface area contributed by atoms with Gasteiger partial charge in [-0.15, -0.1) is 0 Å². The summed E-state index contributed by atoms with van der Waals surface area (Å²) in [5.74, 6) is -0.599. The van der Waals surface area contributed by atoms with Gasteiger partial charge < -0.3 is 15.5 Å². The number of carbonyl (C=O) groups is 1. The van der Waals surface area contributed by atoms with Gasteiger partial charge in [-0.05, 0) is 45.5 Å². The van der Waals surface area contributed by atoms with Crippen LogP contribution in [-0.2, 0) is 0 Å². The van der Waals surface area contributed by atoms with E-state index in [-0.39, 0.29) is 11.9 Å². The number of anilines is 1. The molecule has 5 heteroatoms. The highest BCUT2D eigenvalue weighted by atomic mass is 19.1. The van der Waals surface area contributed by atoms with Crippen molar-refractivity contribution in [2.24, 2.45) is 0 Å². The molecule has 1 atom stereocenters. The molecule has 1 saturated heterocycles. The summed E-state index contributed by atoms with van der Waals surface area (Å²) < 4.78 is 13.7. The third-order valence-corrected chi connectivity index (χ3v) is 4.10. The predicted octanol–water partition coefficient (Wildman–Crippen LogP) is 1.88. The maximum Gasteiger partial charge on any atom is 0.254 e. The number of halogens is 1. The Bertz CT molecular complexity index is 495. The molecule has 1 aliphatic heterocycles. The molecular weight excluding hydrogens is 257 g/mol. The van der Waals surface area contributed by atoms with E-state index in [1.807, 2.05) is 7.05 Å². The zero-order valence-electron chi connectivity index (χ0n) is 12.3. The largest absolute Gasteiger partial charge is 0.398 e. The third-order valence-electron chi connectivity index (χ3n) is 4.10. The summed E-state index contributed by atoms with van der Waals surface area (Å²) in [7, 11) is 3.83. The molecule has 1 aliphatic rings. The average molecular weight is 279 g/mol. The standard InChI is InChI=1S/C15H22FN3O/c1-10-13(16)7-11(8-14(10)17)15(20)19(3)12-5-4-6-18(2)9-12/h7-8,12H,4-6,9,17H2,1-3H3. The minimum Gasteiger partial charge on any atom is -0.398 e. The molecule has 1 heterocycles. The second-order valence-corrected chi connectivity index (χ2v) is 5.65. The smallest absolute Gasteiger partial charge is 0.254 e. The van der Waals surface area contributed by atoms with Crippen molar-refractivity contribution in [3.63, 3.8) is 0 Å². The van der Waals surface area contributed by atoms with E-state index in [2.05, 4.69) is 4.90 Å². The highest BCUT2D eigenvalue weighted by Crippen LogP contribution is 2.21. The minimum absolute atomic E-state index is 0.170. The molecule has 2 N–H and O–H groups in total. The fourth-order valence-electron chi connectivity index (χ4n) is 2.65. The zero-order chi connectivity index (χ0) is 14.9. The topological polar surface area (TPSA) is 49.6 Å². The van der Waals surface area contributed by atoms with E-state index in [0.29, 0.717) is 16.8 Å². The Kier molecular flexibility index (Phi) is 4.28. The van der Waals surface area contributed by atoms with Crippen LogP contribution < -0.4 is 5.73 Å². The molecule has 1 aromatic rings. The van der Waals surface area contributed by atoms with E-state index in [4.69, 9.17) is 5.73 Å². The van der Waals surface area contributed by atoms with E-state index in [1.165, 1.54) is 6.07 Å². The van der Waals surface area contributed by atoms with Gasteiger partial charge in [0.15, 0.2) is 0 Å². The molecule has 0 saturated carbocycles. The monoisotopic (exact) mass is 279 g/mol. The first-order chi connectivity index (χ1) is 9.40. The van der Waals surface area contributed by atoms with Gasteiger partial charge in [-0.2, -0.15) is 0 Å². The molecule has 0 radical (unpaired) electrons. The van der Waals surface area contributed by atoms with Crippen molar-refractivity contribution < 1.29 is 9.18 Å². The van der Waals surface area contributed by atoms with Crippen molar-refractivity contribution in [1.29, 1.82) is 0 Å². The number of rotatable bonds is 2. The highest BCUT2D eigenvalue weighted by Gasteiger charge is 2.25. The number of benzene rings is 1. The third kappa shape index (κ3) is 2.93. The lowest BCUT2D eigenvalue weighted by Crippen LogP contribution is -2.47. The van der Waals surface area contributed by atoms with Crippen LogP contribution >= 0.6 is 0 Å². The van der Waals surface area contributed by atoms with Crippen molar-refractivity contribution >= 4 is 11.6 Å². The summed E-state index contributed by atoms with van der Waals surface area (Å²) in [5.41, 5.74) is 6.77. The summed E-state index contributed by atoms with van der Waals surface area (Å²) in [6, 6.07) is 3.01. The van der Waals surface area contributed by atoms with E-state index in [1.54, 1.807) is 24.9 Å². The van der Waals surface area contributed by atoms with E-state index < -0.39 is 5.82 Å². The number of nitrogens with zero attached hydrogens (tertiary/aromatic N) is 2. The predicted molar refractivity (Wildman–Crippen MR) is 78.2 cm³/mol. The van der Waals surface area contributed by atoms with Crippen LogP contribution in [0, 0.1) is 12.7 Å². The molecule has 20 heavy (non-hydrogen) atoms. The Balaban J connectivity index is 2.18. The van der Waals surface area contributed by atoms with Crippen LogP contribution in [0.1, 0.15) is 28.8 Å². The van der Waals surface area contributed by atoms with Gasteiger partial charge in [0.25, 0.3) is 5.91 Å². The Labute approximate surface area is 119 Å². The van der Waals surface area contributed by atoms with Crippen molar-refractivity contribution in [2.45, 2.75) is 25.8 Å². The first-order valence-electron chi connectivity index (χ1n) is 6.91. The second kappa shape index (κ2) is 5.79. The first-order valence-corrected chi connectivity index (χ1v) is 6.91. The number of piperidine rings is 1. The number of hydrogen-bond donors (Lipinski definition) is 1. The lowest BCUT2D eigenvalue weighted by molar-refractivity contribution is 0.0643. The van der Waals surface area contributed by atoms with Crippen molar-refractivity contribution in [1.82, 2.24) is 9.80 Å². The van der Waals surface area contributed by atoms with Gasteiger partial charge in [-0.25, -0.2) is 4.39 Å². The Morgan fingerprint density at radius 3 is 2.80 bits per heavy atom. The number of likely N-dealkylation sites (N-methyl/N-ethyl adjacent to an activating group) is 2. The van der Waals surface area contributed by atoms with Gasteiger partial charge in [-0.1, -0.05) is 0 Å². The first kappa shape index (κ1) is 14.8. The molecule has 0 aromatic heterocycles. The van der Waals surface area contributed by atoms with Crippen molar-refractivity contribution in [2.75, 3.05) is 32.9 Å². The minimum atomic E-state index is -0.428. The number of carbonyl (C=O) groups excluding carboxylic acids is 1. The molecule has 1 aromatic carbocycles. The summed E-state index contributed by atoms with van der Waals surface area (Å²) in [5, 5.41) is 0. The van der Waals surface area contributed by atoms with Gasteiger partial charge in [0.1, 0.15) is 5.82 Å². The van der Waals surface area contributed by atoms with E-state index >= 15 is 0 Å². The second-order valence-electron chi connectivity index (χ2n) is 5.65. The Morgan fingerprint density at radius 2 is 2.20 bits per heavy atom. The SMILES string of the molecule is Cc1c(N)cc(C(=O)N(C)C2CCCN(C)C2)cc1F. The summed E-state index contributed by atoms with van der Waals surface area (Å²) in [6.45, 7) is 3.52. The zero-order valence-corrected chi connectivity index (χ0v) is 12.3. The fraction of sp³-hybridized carbons (Fsp3) is 0.533. The van der Waals surface area contributed by atoms with Crippen LogP contribution in [0.15, 0.2) is 12.1 Å². The fourth-order valence-corrected chi connectivity index (χ4v) is 2.65. The molecule has 1 amide bonds. The van der Waals surface area contributed by atoms with Gasteiger partial charge in [0, 0.05) is 36.4 Å². The molecule has 110 valence electrons. The quantitative estimate of drug-likeness (QED) is 0.841. The van der Waals surface area contributed by atoms with Gasteiger partial charge in [0.05, 0.1) is 0 Å². The Morgan fingerprint density at radius 1 is 1.50 bits per heavy atom. The summed E-state index contributed by atoms with van der Waals surface area (Å²) in [6.07, 6.45) is 2.06. The Hall–Kier alpha value is -1.62. The molecule has 4 nitrogen and oxygen atoms in total. The number of nitrogens with two attached hydrogens (primary N) is 1. The number of likely N-dealkylation sites (tertiary alicyclic amines) is 1. The van der Waals surface area contributed by atoms with Crippen LogP contribution in [-0.4, -0.2) is 48.9 Å². The normalized spacial score (nSPS) is 19.9. The van der Waals surface area contributed by atoms with E-state index in [0.717, 1.165) is 25.9 Å². The lowest BCUT2D eigenvalue weighted by atomic mass is 10.0. The van der Waals surface area contributed by atoms with E-state index in [9.17, 15) is 9.18 Å². The number of hydrogen-bond acceptors (Lipinski definition) is 3. The molecular formula is C15H22FN3O. The molecule has 0 bridgehead atoms. The summed E-state index contributed by atoms with van der Waals surface area (Å²) in [4.78, 5) is 16.4. The maximum absolute atomic E-state index is 13.7. The number of amides is 1. The molecule has 1 unspecified atom stereocenters. The van der Waals surface area contributed by atoms with Crippen LogP contribution in [0.2, 0.25) is 0 Å². The van der Waals surface area contributed by atoms with Gasteiger partial charge >= 0.3 is 0 Å². The highest BCUT2D eigenvalue weighted by molar-refractivity contribution is 5.95. The molecule has 0 aliphatic carbocycles. The van der Waals surface area contributed by atoms with Crippen LogP contribution in [0.5, 0.6) is 0 Å². The molecule has 0 spiro atoms. The molecule has 2 rings (SSSR count). The van der Waals surface area contributed by atoms with Crippen LogP contribution in [0.3, 0.4) is 0 Å². The summed E-state index contributed by atoms with van der Waals surface area (Å²) >= 11 is 0. The van der Waals surface area contributed by atoms with Crippen molar-refractivity contribution in [3.05, 3.63) is 29.1 Å². The van der Waals surface area contributed by atoms with Crippen molar-refractivity contribution in [3.8, 4) is 0 Å². The number of nitrogen functional groups attached to an aromatic ring is 1. The lowest BCUT2D eigenvalue weighted by Gasteiger charge is -2.36.